The van der Waals surface area contributed by atoms with Gasteiger partial charge in [-0.25, -0.2) is 4.98 Å². The van der Waals surface area contributed by atoms with Crippen LogP contribution in [0.4, 0.5) is 11.6 Å². The van der Waals surface area contributed by atoms with Crippen LogP contribution in [0.15, 0.2) is 18.2 Å². The van der Waals surface area contributed by atoms with Gasteiger partial charge in [-0.05, 0) is 25.5 Å². The van der Waals surface area contributed by atoms with Gasteiger partial charge in [0.05, 0.1) is 13.0 Å². The number of hydrogen-bond donors (Lipinski definition) is 2. The van der Waals surface area contributed by atoms with Gasteiger partial charge in [-0.1, -0.05) is 13.0 Å². The Morgan fingerprint density at radius 1 is 1.22 bits per heavy atom. The minimum absolute atomic E-state index is 0.190. The third-order valence-electron chi connectivity index (χ3n) is 2.25. The predicted molar refractivity (Wildman–Crippen MR) is 72.8 cm³/mol. The first kappa shape index (κ1) is 14.3. The van der Waals surface area contributed by atoms with E-state index in [-0.39, 0.29) is 5.97 Å². The molecule has 0 saturated heterocycles. The summed E-state index contributed by atoms with van der Waals surface area (Å²) in [4.78, 5) is 15.5. The molecule has 0 bridgehead atoms. The molecule has 1 aromatic heterocycles. The van der Waals surface area contributed by atoms with Crippen LogP contribution in [-0.2, 0) is 9.53 Å². The van der Waals surface area contributed by atoms with Gasteiger partial charge in [0.1, 0.15) is 11.6 Å². The Kier molecular flexibility index (Phi) is 6.61. The van der Waals surface area contributed by atoms with Crippen LogP contribution < -0.4 is 10.6 Å². The zero-order chi connectivity index (χ0) is 13.2. The molecule has 2 N–H and O–H groups in total. The summed E-state index contributed by atoms with van der Waals surface area (Å²) in [5, 5.41) is 6.31. The zero-order valence-corrected chi connectivity index (χ0v) is 11.0. The molecule has 5 heteroatoms. The van der Waals surface area contributed by atoms with Crippen molar-refractivity contribution in [1.29, 1.82) is 0 Å². The molecule has 5 nitrogen and oxygen atoms in total. The molecule has 0 aliphatic rings. The van der Waals surface area contributed by atoms with E-state index in [1.165, 1.54) is 0 Å². The minimum atomic E-state index is -0.190. The smallest absolute Gasteiger partial charge is 0.307 e. The summed E-state index contributed by atoms with van der Waals surface area (Å²) < 4.78 is 4.84. The van der Waals surface area contributed by atoms with E-state index >= 15 is 0 Å². The summed E-state index contributed by atoms with van der Waals surface area (Å²) in [6.45, 7) is 5.76. The highest BCUT2D eigenvalue weighted by Crippen LogP contribution is 2.09. The highest BCUT2D eigenvalue weighted by Gasteiger charge is 2.01. The van der Waals surface area contributed by atoms with Crippen molar-refractivity contribution in [3.8, 4) is 0 Å². The molecular weight excluding hydrogens is 230 g/mol. The Labute approximate surface area is 108 Å². The van der Waals surface area contributed by atoms with Gasteiger partial charge in [0.25, 0.3) is 0 Å². The van der Waals surface area contributed by atoms with Gasteiger partial charge in [-0.3, -0.25) is 4.79 Å². The molecule has 0 aliphatic carbocycles. The van der Waals surface area contributed by atoms with Crippen LogP contribution in [0.2, 0.25) is 0 Å². The Morgan fingerprint density at radius 3 is 2.50 bits per heavy atom. The van der Waals surface area contributed by atoms with Crippen LogP contribution in [0.25, 0.3) is 0 Å². The molecule has 0 spiro atoms. The highest BCUT2D eigenvalue weighted by atomic mass is 16.5. The molecule has 1 rings (SSSR count). The Balaban J connectivity index is 2.35. The van der Waals surface area contributed by atoms with Crippen LogP contribution in [0.3, 0.4) is 0 Å². The second-order valence-corrected chi connectivity index (χ2v) is 3.82. The first-order valence-corrected chi connectivity index (χ1v) is 6.36. The van der Waals surface area contributed by atoms with Crippen molar-refractivity contribution >= 4 is 17.6 Å². The van der Waals surface area contributed by atoms with Crippen molar-refractivity contribution in [2.24, 2.45) is 0 Å². The number of aromatic nitrogens is 1. The molecule has 1 heterocycles. The average Bonchev–Trinajstić information content (AvgIpc) is 2.37. The van der Waals surface area contributed by atoms with Crippen molar-refractivity contribution in [3.63, 3.8) is 0 Å². The maximum atomic E-state index is 11.1. The molecule has 100 valence electrons. The van der Waals surface area contributed by atoms with Crippen LogP contribution in [0.1, 0.15) is 26.7 Å². The van der Waals surface area contributed by atoms with Gasteiger partial charge in [0, 0.05) is 13.1 Å². The third kappa shape index (κ3) is 5.52. The van der Waals surface area contributed by atoms with Crippen LogP contribution in [0.5, 0.6) is 0 Å². The van der Waals surface area contributed by atoms with E-state index in [0.29, 0.717) is 19.6 Å². The number of rotatable bonds is 8. The zero-order valence-electron chi connectivity index (χ0n) is 11.0. The number of esters is 1. The molecule has 0 atom stereocenters. The first-order valence-electron chi connectivity index (χ1n) is 6.36. The maximum absolute atomic E-state index is 11.1. The van der Waals surface area contributed by atoms with Gasteiger partial charge >= 0.3 is 5.97 Å². The van der Waals surface area contributed by atoms with Gasteiger partial charge in [0.15, 0.2) is 0 Å². The fourth-order valence-corrected chi connectivity index (χ4v) is 1.41. The summed E-state index contributed by atoms with van der Waals surface area (Å²) in [6, 6.07) is 5.73. The van der Waals surface area contributed by atoms with E-state index in [1.54, 1.807) is 6.92 Å². The number of carbonyl (C=O) groups excluding carboxylic acids is 1. The van der Waals surface area contributed by atoms with E-state index in [0.717, 1.165) is 24.6 Å². The molecule has 0 unspecified atom stereocenters. The fraction of sp³-hybridized carbons (Fsp3) is 0.538. The summed E-state index contributed by atoms with van der Waals surface area (Å²) >= 11 is 0. The SMILES string of the molecule is CCCNc1cccc(NCCC(=O)OCC)n1. The Morgan fingerprint density at radius 2 is 1.89 bits per heavy atom. The lowest BCUT2D eigenvalue weighted by Gasteiger charge is -2.08. The van der Waals surface area contributed by atoms with E-state index in [1.807, 2.05) is 18.2 Å². The Bertz CT molecular complexity index is 369. The quantitative estimate of drug-likeness (QED) is 0.694. The topological polar surface area (TPSA) is 63.2 Å². The summed E-state index contributed by atoms with van der Waals surface area (Å²) in [7, 11) is 0. The van der Waals surface area contributed by atoms with Gasteiger partial charge in [-0.2, -0.15) is 0 Å². The van der Waals surface area contributed by atoms with Crippen molar-refractivity contribution in [2.45, 2.75) is 26.7 Å². The molecule has 0 amide bonds. The summed E-state index contributed by atoms with van der Waals surface area (Å²) in [5.74, 6) is 1.42. The first-order chi connectivity index (χ1) is 8.76. The fourth-order valence-electron chi connectivity index (χ4n) is 1.41. The van der Waals surface area contributed by atoms with E-state index in [4.69, 9.17) is 4.74 Å². The lowest BCUT2D eigenvalue weighted by atomic mass is 10.4. The monoisotopic (exact) mass is 251 g/mol. The minimum Gasteiger partial charge on any atom is -0.466 e. The second kappa shape index (κ2) is 8.33. The third-order valence-corrected chi connectivity index (χ3v) is 2.25. The number of ether oxygens (including phenoxy) is 1. The lowest BCUT2D eigenvalue weighted by Crippen LogP contribution is -2.12. The van der Waals surface area contributed by atoms with Gasteiger partial charge in [0.2, 0.25) is 0 Å². The van der Waals surface area contributed by atoms with Crippen LogP contribution in [-0.4, -0.2) is 30.6 Å². The number of nitrogens with one attached hydrogen (secondary N) is 2. The van der Waals surface area contributed by atoms with E-state index in [9.17, 15) is 4.79 Å². The normalized spacial score (nSPS) is 9.89. The summed E-state index contributed by atoms with van der Waals surface area (Å²) in [6.07, 6.45) is 1.41. The second-order valence-electron chi connectivity index (χ2n) is 3.82. The van der Waals surface area contributed by atoms with Crippen LogP contribution in [0, 0.1) is 0 Å². The Hall–Kier alpha value is -1.78. The highest BCUT2D eigenvalue weighted by molar-refractivity contribution is 5.70. The van der Waals surface area contributed by atoms with Crippen molar-refractivity contribution < 1.29 is 9.53 Å². The van der Waals surface area contributed by atoms with Gasteiger partial charge in [-0.15, -0.1) is 0 Å². The molecule has 1 aromatic rings. The van der Waals surface area contributed by atoms with Gasteiger partial charge < -0.3 is 15.4 Å². The van der Waals surface area contributed by atoms with Crippen molar-refractivity contribution in [1.82, 2.24) is 4.98 Å². The lowest BCUT2D eigenvalue weighted by molar-refractivity contribution is -0.142. The van der Waals surface area contributed by atoms with Crippen LogP contribution >= 0.6 is 0 Å². The molecule has 0 saturated carbocycles. The number of carbonyl (C=O) groups is 1. The maximum Gasteiger partial charge on any atom is 0.307 e. The largest absolute Gasteiger partial charge is 0.466 e. The molecule has 0 fully saturated rings. The molecular formula is C13H21N3O2. The van der Waals surface area contributed by atoms with Crippen molar-refractivity contribution in [3.05, 3.63) is 18.2 Å². The number of nitrogens with zero attached hydrogens (tertiary/aromatic N) is 1. The van der Waals surface area contributed by atoms with Crippen molar-refractivity contribution in [2.75, 3.05) is 30.3 Å². The molecule has 0 radical (unpaired) electrons. The standard InChI is InChI=1S/C13H21N3O2/c1-3-9-14-11-6-5-7-12(16-11)15-10-8-13(17)18-4-2/h5-7H,3-4,8-10H2,1-2H3,(H2,14,15,16). The molecule has 0 aromatic carbocycles. The summed E-state index contributed by atoms with van der Waals surface area (Å²) in [5.41, 5.74) is 0. The number of hydrogen-bond acceptors (Lipinski definition) is 5. The van der Waals surface area contributed by atoms with E-state index < -0.39 is 0 Å². The van der Waals surface area contributed by atoms with E-state index in [2.05, 4.69) is 22.5 Å². The number of anilines is 2. The predicted octanol–water partition coefficient (Wildman–Crippen LogP) is 2.27. The molecule has 18 heavy (non-hydrogen) atoms. The molecule has 0 aliphatic heterocycles. The average molecular weight is 251 g/mol. The number of pyridine rings is 1.